The molecule has 1 aromatic rings. The van der Waals surface area contributed by atoms with E-state index in [1.807, 2.05) is 51.1 Å². The number of aliphatic imine (C=N–C) groups is 1. The average Bonchev–Trinajstić information content (AvgIpc) is 2.80. The van der Waals surface area contributed by atoms with E-state index in [0.717, 1.165) is 5.56 Å². The largest absolute Gasteiger partial charge is 0.459 e. The van der Waals surface area contributed by atoms with Gasteiger partial charge in [-0.05, 0) is 33.3 Å². The van der Waals surface area contributed by atoms with Crippen LogP contribution in [0.4, 0.5) is 0 Å². The second-order valence-electron chi connectivity index (χ2n) is 6.13. The van der Waals surface area contributed by atoms with Crippen molar-refractivity contribution in [2.24, 2.45) is 4.99 Å². The molecule has 2 aliphatic heterocycles. The first kappa shape index (κ1) is 16.8. The number of fused-ring (bicyclic) bond motifs is 1. The van der Waals surface area contributed by atoms with Gasteiger partial charge in [-0.1, -0.05) is 42.1 Å². The van der Waals surface area contributed by atoms with Gasteiger partial charge >= 0.3 is 5.97 Å². The predicted molar refractivity (Wildman–Crippen MR) is 94.4 cm³/mol. The van der Waals surface area contributed by atoms with Crippen molar-refractivity contribution in [3.63, 3.8) is 0 Å². The fraction of sp³-hybridized carbons (Fsp3) is 0.389. The van der Waals surface area contributed by atoms with Crippen molar-refractivity contribution in [3.05, 3.63) is 47.2 Å². The topological polar surface area (TPSA) is 59.0 Å². The van der Waals surface area contributed by atoms with Crippen LogP contribution < -0.4 is 0 Å². The number of rotatable bonds is 3. The molecule has 0 N–H and O–H groups in total. The Kier molecular flexibility index (Phi) is 4.49. The zero-order chi connectivity index (χ0) is 17.4. The van der Waals surface area contributed by atoms with Gasteiger partial charge in [0, 0.05) is 0 Å². The summed E-state index contributed by atoms with van der Waals surface area (Å²) in [7, 11) is 0. The second kappa shape index (κ2) is 6.43. The molecule has 3 rings (SSSR count). The van der Waals surface area contributed by atoms with Crippen LogP contribution in [-0.4, -0.2) is 33.3 Å². The van der Waals surface area contributed by atoms with Gasteiger partial charge in [0.05, 0.1) is 28.7 Å². The minimum absolute atomic E-state index is 0.0325. The highest BCUT2D eigenvalue weighted by atomic mass is 32.2. The monoisotopic (exact) mass is 344 g/mol. The van der Waals surface area contributed by atoms with Crippen LogP contribution in [0.5, 0.6) is 0 Å². The number of hydrogen-bond acceptors (Lipinski definition) is 5. The van der Waals surface area contributed by atoms with Gasteiger partial charge in [0.15, 0.2) is 5.17 Å². The van der Waals surface area contributed by atoms with Crippen LogP contribution >= 0.6 is 11.8 Å². The molecular weight excluding hydrogens is 324 g/mol. The molecular formula is C18H20N2O3S. The standard InChI is InChI=1S/C18H20N2O3S/c1-10(2)23-17(22)14-11(3)19-18-20(16(21)12(4)24-18)15(14)13-8-6-5-7-9-13/h5-10,12,15H,1-4H3. The van der Waals surface area contributed by atoms with Gasteiger partial charge in [-0.2, -0.15) is 0 Å². The molecule has 1 saturated heterocycles. The van der Waals surface area contributed by atoms with Gasteiger partial charge < -0.3 is 4.74 Å². The fourth-order valence-electron chi connectivity index (χ4n) is 2.89. The first-order valence-electron chi connectivity index (χ1n) is 7.95. The molecule has 2 aliphatic rings. The molecule has 6 heteroatoms. The quantitative estimate of drug-likeness (QED) is 0.790. The highest BCUT2D eigenvalue weighted by molar-refractivity contribution is 8.15. The number of thioether (sulfide) groups is 1. The predicted octanol–water partition coefficient (Wildman–Crippen LogP) is 3.29. The van der Waals surface area contributed by atoms with E-state index in [-0.39, 0.29) is 17.3 Å². The van der Waals surface area contributed by atoms with Gasteiger partial charge in [-0.25, -0.2) is 9.79 Å². The Morgan fingerprint density at radius 2 is 1.96 bits per heavy atom. The van der Waals surface area contributed by atoms with E-state index >= 15 is 0 Å². The summed E-state index contributed by atoms with van der Waals surface area (Å²) in [4.78, 5) is 31.5. The van der Waals surface area contributed by atoms with Gasteiger partial charge in [-0.3, -0.25) is 9.69 Å². The van der Waals surface area contributed by atoms with Crippen LogP contribution in [0.25, 0.3) is 0 Å². The number of carbonyl (C=O) groups excluding carboxylic acids is 2. The van der Waals surface area contributed by atoms with E-state index in [4.69, 9.17) is 4.74 Å². The van der Waals surface area contributed by atoms with Crippen molar-refractivity contribution in [2.75, 3.05) is 0 Å². The van der Waals surface area contributed by atoms with Crippen molar-refractivity contribution < 1.29 is 14.3 Å². The molecule has 2 heterocycles. The zero-order valence-corrected chi connectivity index (χ0v) is 15.0. The third kappa shape index (κ3) is 2.86. The van der Waals surface area contributed by atoms with Crippen molar-refractivity contribution in [1.82, 2.24) is 4.90 Å². The summed E-state index contributed by atoms with van der Waals surface area (Å²) >= 11 is 1.43. The number of esters is 1. The SMILES string of the molecule is CC1=C(C(=O)OC(C)C)C(c2ccccc2)N2C(=O)C(C)SC2=N1. The molecule has 0 spiro atoms. The third-order valence-corrected chi connectivity index (χ3v) is 4.99. The minimum Gasteiger partial charge on any atom is -0.459 e. The first-order chi connectivity index (χ1) is 11.4. The number of hydrogen-bond donors (Lipinski definition) is 0. The fourth-order valence-corrected chi connectivity index (χ4v) is 3.92. The lowest BCUT2D eigenvalue weighted by Crippen LogP contribution is -2.40. The maximum Gasteiger partial charge on any atom is 0.338 e. The van der Waals surface area contributed by atoms with E-state index in [0.29, 0.717) is 16.4 Å². The third-order valence-electron chi connectivity index (χ3n) is 3.94. The summed E-state index contributed by atoms with van der Waals surface area (Å²) in [6.07, 6.45) is -0.234. The van der Waals surface area contributed by atoms with Gasteiger partial charge in [-0.15, -0.1) is 0 Å². The van der Waals surface area contributed by atoms with Gasteiger partial charge in [0.25, 0.3) is 0 Å². The summed E-state index contributed by atoms with van der Waals surface area (Å²) < 4.78 is 5.41. The lowest BCUT2D eigenvalue weighted by atomic mass is 9.94. The summed E-state index contributed by atoms with van der Waals surface area (Å²) in [5.74, 6) is -0.452. The van der Waals surface area contributed by atoms with Crippen LogP contribution in [0.15, 0.2) is 46.6 Å². The van der Waals surface area contributed by atoms with Crippen LogP contribution in [0.1, 0.15) is 39.3 Å². The summed E-state index contributed by atoms with van der Waals surface area (Å²) in [5.41, 5.74) is 1.92. The molecule has 0 aliphatic carbocycles. The molecule has 24 heavy (non-hydrogen) atoms. The molecule has 0 radical (unpaired) electrons. The first-order valence-corrected chi connectivity index (χ1v) is 8.83. The van der Waals surface area contributed by atoms with Crippen LogP contribution in [0.2, 0.25) is 0 Å². The summed E-state index contributed by atoms with van der Waals surface area (Å²) in [5, 5.41) is 0.447. The van der Waals surface area contributed by atoms with E-state index in [9.17, 15) is 9.59 Å². The molecule has 1 fully saturated rings. The Bertz CT molecular complexity index is 740. The van der Waals surface area contributed by atoms with E-state index in [2.05, 4.69) is 4.99 Å². The van der Waals surface area contributed by atoms with Crippen molar-refractivity contribution in [3.8, 4) is 0 Å². The number of allylic oxidation sites excluding steroid dienone is 1. The van der Waals surface area contributed by atoms with E-state index in [1.54, 1.807) is 11.8 Å². The molecule has 0 saturated carbocycles. The average molecular weight is 344 g/mol. The number of carbonyl (C=O) groups is 2. The number of ether oxygens (including phenoxy) is 1. The van der Waals surface area contributed by atoms with Crippen molar-refractivity contribution in [1.29, 1.82) is 0 Å². The number of nitrogens with zero attached hydrogens (tertiary/aromatic N) is 2. The molecule has 5 nitrogen and oxygen atoms in total. The van der Waals surface area contributed by atoms with Crippen LogP contribution in [0, 0.1) is 0 Å². The Balaban J connectivity index is 2.12. The summed E-state index contributed by atoms with van der Waals surface area (Å²) in [6, 6.07) is 9.06. The van der Waals surface area contributed by atoms with Crippen LogP contribution in [-0.2, 0) is 14.3 Å². The maximum absolute atomic E-state index is 12.7. The molecule has 126 valence electrons. The normalized spacial score (nSPS) is 23.5. The lowest BCUT2D eigenvalue weighted by molar-refractivity contribution is -0.143. The minimum atomic E-state index is -0.491. The maximum atomic E-state index is 12.7. The zero-order valence-electron chi connectivity index (χ0n) is 14.1. The molecule has 0 bridgehead atoms. The lowest BCUT2D eigenvalue weighted by Gasteiger charge is -2.33. The Morgan fingerprint density at radius 1 is 1.29 bits per heavy atom. The number of amides is 1. The smallest absolute Gasteiger partial charge is 0.338 e. The van der Waals surface area contributed by atoms with Gasteiger partial charge in [0.1, 0.15) is 0 Å². The van der Waals surface area contributed by atoms with E-state index < -0.39 is 12.0 Å². The summed E-state index contributed by atoms with van der Waals surface area (Å²) in [6.45, 7) is 7.27. The van der Waals surface area contributed by atoms with Crippen molar-refractivity contribution in [2.45, 2.75) is 45.1 Å². The Labute approximate surface area is 145 Å². The molecule has 1 amide bonds. The molecule has 0 aromatic heterocycles. The van der Waals surface area contributed by atoms with Crippen LogP contribution in [0.3, 0.4) is 0 Å². The van der Waals surface area contributed by atoms with Gasteiger partial charge in [0.2, 0.25) is 5.91 Å². The van der Waals surface area contributed by atoms with E-state index in [1.165, 1.54) is 11.8 Å². The molecule has 2 atom stereocenters. The molecule has 1 aromatic carbocycles. The highest BCUT2D eigenvalue weighted by Crippen LogP contribution is 2.43. The number of benzene rings is 1. The Hall–Kier alpha value is -2.08. The highest BCUT2D eigenvalue weighted by Gasteiger charge is 2.46. The molecule has 2 unspecified atom stereocenters. The number of amidine groups is 1. The Morgan fingerprint density at radius 3 is 2.58 bits per heavy atom. The second-order valence-corrected chi connectivity index (χ2v) is 7.44. The van der Waals surface area contributed by atoms with Crippen molar-refractivity contribution >= 4 is 28.8 Å².